The van der Waals surface area contributed by atoms with Gasteiger partial charge in [0.15, 0.2) is 0 Å². The SMILES string of the molecule is CCCCCCCCOc1ccc(C(=O)Oc2ccc(CC[C@H]3CC[C@H](CCCCCCC)CC3)nc2)cc1. The van der Waals surface area contributed by atoms with E-state index < -0.39 is 0 Å². The number of ether oxygens (including phenoxy) is 2. The number of esters is 1. The maximum absolute atomic E-state index is 12.6. The molecule has 1 aromatic carbocycles. The van der Waals surface area contributed by atoms with Crippen molar-refractivity contribution < 1.29 is 14.3 Å². The minimum Gasteiger partial charge on any atom is -0.494 e. The van der Waals surface area contributed by atoms with Gasteiger partial charge in [-0.15, -0.1) is 0 Å². The number of carbonyl (C=O) groups is 1. The summed E-state index contributed by atoms with van der Waals surface area (Å²) >= 11 is 0. The molecule has 1 saturated carbocycles. The van der Waals surface area contributed by atoms with Gasteiger partial charge in [0, 0.05) is 5.69 Å². The zero-order chi connectivity index (χ0) is 27.5. The van der Waals surface area contributed by atoms with E-state index in [1.165, 1.54) is 103 Å². The highest BCUT2D eigenvalue weighted by atomic mass is 16.5. The van der Waals surface area contributed by atoms with Gasteiger partial charge in [0.1, 0.15) is 11.5 Å². The third-order valence-electron chi connectivity index (χ3n) is 8.36. The number of hydrogen-bond donors (Lipinski definition) is 0. The summed E-state index contributed by atoms with van der Waals surface area (Å²) in [7, 11) is 0. The number of pyridine rings is 1. The zero-order valence-corrected chi connectivity index (χ0v) is 24.8. The molecule has 0 aliphatic heterocycles. The second-order valence-electron chi connectivity index (χ2n) is 11.6. The van der Waals surface area contributed by atoms with Gasteiger partial charge in [-0.3, -0.25) is 4.98 Å². The van der Waals surface area contributed by atoms with E-state index >= 15 is 0 Å². The van der Waals surface area contributed by atoms with Crippen LogP contribution in [0.5, 0.6) is 11.5 Å². The molecule has 0 amide bonds. The van der Waals surface area contributed by atoms with Gasteiger partial charge >= 0.3 is 5.97 Å². The van der Waals surface area contributed by atoms with Gasteiger partial charge in [-0.2, -0.15) is 0 Å². The number of unbranched alkanes of at least 4 members (excludes halogenated alkanes) is 9. The molecule has 1 aliphatic carbocycles. The van der Waals surface area contributed by atoms with Gasteiger partial charge in [-0.25, -0.2) is 4.79 Å². The smallest absolute Gasteiger partial charge is 0.343 e. The average Bonchev–Trinajstić information content (AvgIpc) is 2.97. The molecule has 2 aromatic rings. The van der Waals surface area contributed by atoms with Crippen LogP contribution in [0, 0.1) is 11.8 Å². The first-order valence-electron chi connectivity index (χ1n) is 16.1. The van der Waals surface area contributed by atoms with Gasteiger partial charge in [0.25, 0.3) is 0 Å². The predicted octanol–water partition coefficient (Wildman–Crippen LogP) is 10.1. The molecular weight excluding hydrogens is 482 g/mol. The number of hydrogen-bond acceptors (Lipinski definition) is 4. The van der Waals surface area contributed by atoms with E-state index in [4.69, 9.17) is 9.47 Å². The zero-order valence-electron chi connectivity index (χ0n) is 24.8. The van der Waals surface area contributed by atoms with Gasteiger partial charge in [-0.05, 0) is 67.5 Å². The van der Waals surface area contributed by atoms with E-state index in [-0.39, 0.29) is 5.97 Å². The molecule has 1 aromatic heterocycles. The minimum absolute atomic E-state index is 0.367. The van der Waals surface area contributed by atoms with Crippen LogP contribution in [0.15, 0.2) is 42.6 Å². The first-order valence-corrected chi connectivity index (χ1v) is 16.1. The Kier molecular flexibility index (Phi) is 15.1. The number of rotatable bonds is 19. The van der Waals surface area contributed by atoms with E-state index in [9.17, 15) is 4.79 Å². The van der Waals surface area contributed by atoms with Crippen molar-refractivity contribution in [1.82, 2.24) is 4.98 Å². The van der Waals surface area contributed by atoms with Crippen molar-refractivity contribution in [2.24, 2.45) is 11.8 Å². The Labute approximate surface area is 238 Å². The molecule has 0 saturated heterocycles. The average molecular weight is 536 g/mol. The molecular formula is C35H53NO3. The van der Waals surface area contributed by atoms with Gasteiger partial charge in [0.05, 0.1) is 18.4 Å². The van der Waals surface area contributed by atoms with Crippen LogP contribution in [0.25, 0.3) is 0 Å². The standard InChI is InChI=1S/C35H53NO3/c1-3-5-7-9-11-13-27-38-33-24-20-31(21-25-33)35(37)39-34-26-23-32(36-28-34)22-19-30-17-15-29(16-18-30)14-12-10-8-6-4-2/h20-21,23-26,28-30H,3-19,22,27H2,1-2H3/t29-,30-. The molecule has 1 heterocycles. The Morgan fingerprint density at radius 2 is 1.31 bits per heavy atom. The van der Waals surface area contributed by atoms with E-state index in [0.717, 1.165) is 36.1 Å². The summed E-state index contributed by atoms with van der Waals surface area (Å²) in [6, 6.07) is 11.1. The summed E-state index contributed by atoms with van der Waals surface area (Å²) in [6.07, 6.45) is 25.3. The monoisotopic (exact) mass is 535 g/mol. The fourth-order valence-corrected chi connectivity index (χ4v) is 5.74. The van der Waals surface area contributed by atoms with Crippen LogP contribution >= 0.6 is 0 Å². The maximum Gasteiger partial charge on any atom is 0.343 e. The van der Waals surface area contributed by atoms with E-state index in [1.54, 1.807) is 18.3 Å². The highest BCUT2D eigenvalue weighted by Crippen LogP contribution is 2.34. The summed E-state index contributed by atoms with van der Waals surface area (Å²) in [4.78, 5) is 17.1. The van der Waals surface area contributed by atoms with Gasteiger partial charge < -0.3 is 9.47 Å². The fraction of sp³-hybridized carbons (Fsp3) is 0.657. The summed E-state index contributed by atoms with van der Waals surface area (Å²) in [5.41, 5.74) is 1.60. The molecule has 216 valence electrons. The van der Waals surface area contributed by atoms with Crippen LogP contribution in [0.2, 0.25) is 0 Å². The number of carbonyl (C=O) groups excluding carboxylic acids is 1. The lowest BCUT2D eigenvalue weighted by Gasteiger charge is -2.28. The Bertz CT molecular complexity index is 900. The van der Waals surface area contributed by atoms with Crippen molar-refractivity contribution >= 4 is 5.97 Å². The predicted molar refractivity (Wildman–Crippen MR) is 162 cm³/mol. The number of aryl methyl sites for hydroxylation is 1. The number of aromatic nitrogens is 1. The summed E-state index contributed by atoms with van der Waals surface area (Å²) < 4.78 is 11.4. The number of benzene rings is 1. The number of nitrogens with zero attached hydrogens (tertiary/aromatic N) is 1. The lowest BCUT2D eigenvalue weighted by atomic mass is 9.78. The molecule has 0 radical (unpaired) electrons. The molecule has 3 rings (SSSR count). The Balaban J connectivity index is 1.30. The van der Waals surface area contributed by atoms with Crippen LogP contribution in [-0.2, 0) is 6.42 Å². The Hall–Kier alpha value is -2.36. The molecule has 0 atom stereocenters. The molecule has 39 heavy (non-hydrogen) atoms. The third-order valence-corrected chi connectivity index (χ3v) is 8.36. The molecule has 1 fully saturated rings. The lowest BCUT2D eigenvalue weighted by molar-refractivity contribution is 0.0734. The molecule has 0 bridgehead atoms. The third kappa shape index (κ3) is 12.6. The highest BCUT2D eigenvalue weighted by molar-refractivity contribution is 5.91. The van der Waals surface area contributed by atoms with Crippen LogP contribution in [0.3, 0.4) is 0 Å². The van der Waals surface area contributed by atoms with Gasteiger partial charge in [-0.1, -0.05) is 110 Å². The minimum atomic E-state index is -0.367. The normalized spacial score (nSPS) is 17.2. The molecule has 4 heteroatoms. The first kappa shape index (κ1) is 31.2. The van der Waals surface area contributed by atoms with E-state index in [2.05, 4.69) is 18.8 Å². The van der Waals surface area contributed by atoms with Crippen molar-refractivity contribution in [2.45, 2.75) is 129 Å². The molecule has 0 unspecified atom stereocenters. The van der Waals surface area contributed by atoms with Crippen molar-refractivity contribution in [3.05, 3.63) is 53.9 Å². The van der Waals surface area contributed by atoms with Crippen molar-refractivity contribution in [1.29, 1.82) is 0 Å². The largest absolute Gasteiger partial charge is 0.494 e. The Morgan fingerprint density at radius 3 is 1.95 bits per heavy atom. The second kappa shape index (κ2) is 18.8. The highest BCUT2D eigenvalue weighted by Gasteiger charge is 2.21. The van der Waals surface area contributed by atoms with Crippen molar-refractivity contribution in [3.8, 4) is 11.5 Å². The quantitative estimate of drug-likeness (QED) is 0.133. The van der Waals surface area contributed by atoms with Gasteiger partial charge in [0.2, 0.25) is 0 Å². The van der Waals surface area contributed by atoms with E-state index in [1.807, 2.05) is 24.3 Å². The summed E-state index contributed by atoms with van der Waals surface area (Å²) in [6.45, 7) is 5.24. The fourth-order valence-electron chi connectivity index (χ4n) is 5.74. The van der Waals surface area contributed by atoms with Crippen LogP contribution in [0.1, 0.15) is 139 Å². The molecule has 0 spiro atoms. The van der Waals surface area contributed by atoms with E-state index in [0.29, 0.717) is 17.9 Å². The summed E-state index contributed by atoms with van der Waals surface area (Å²) in [5, 5.41) is 0. The van der Waals surface area contributed by atoms with Crippen LogP contribution in [0.4, 0.5) is 0 Å². The Morgan fingerprint density at radius 1 is 0.718 bits per heavy atom. The summed E-state index contributed by atoms with van der Waals surface area (Å²) in [5.74, 6) is 2.71. The van der Waals surface area contributed by atoms with Crippen LogP contribution < -0.4 is 9.47 Å². The van der Waals surface area contributed by atoms with Crippen LogP contribution in [-0.4, -0.2) is 17.6 Å². The second-order valence-corrected chi connectivity index (χ2v) is 11.6. The van der Waals surface area contributed by atoms with Crippen molar-refractivity contribution in [2.75, 3.05) is 6.61 Å². The van der Waals surface area contributed by atoms with Crippen molar-refractivity contribution in [3.63, 3.8) is 0 Å². The first-order chi connectivity index (χ1) is 19.2. The molecule has 4 nitrogen and oxygen atoms in total. The lowest BCUT2D eigenvalue weighted by Crippen LogP contribution is -2.15. The maximum atomic E-state index is 12.6. The molecule has 0 N–H and O–H groups in total. The topological polar surface area (TPSA) is 48.4 Å². The molecule has 1 aliphatic rings.